The largest absolute Gasteiger partial charge is 0.481 e. The van der Waals surface area contributed by atoms with Crippen LogP contribution in [-0.4, -0.2) is 28.5 Å². The zero-order valence-electron chi connectivity index (χ0n) is 21.4. The number of nitrogens with one attached hydrogen (secondary N) is 2. The van der Waals surface area contributed by atoms with Gasteiger partial charge in [-0.05, 0) is 71.0 Å². The molecule has 1 aromatic heterocycles. The van der Waals surface area contributed by atoms with E-state index in [4.69, 9.17) is 16.7 Å². The zero-order chi connectivity index (χ0) is 27.1. The summed E-state index contributed by atoms with van der Waals surface area (Å²) in [5.41, 5.74) is 6.33. The van der Waals surface area contributed by atoms with Crippen LogP contribution in [0, 0.1) is 0 Å². The van der Waals surface area contributed by atoms with Crippen molar-refractivity contribution < 1.29 is 14.7 Å². The summed E-state index contributed by atoms with van der Waals surface area (Å²) >= 11 is 10.8. The minimum absolute atomic E-state index is 0.0676. The molecule has 0 aliphatic rings. The summed E-state index contributed by atoms with van der Waals surface area (Å²) in [4.78, 5) is 26.8. The number of H-pyrrole nitrogens is 1. The van der Waals surface area contributed by atoms with Crippen molar-refractivity contribution in [2.75, 3.05) is 6.54 Å². The number of benzene rings is 3. The summed E-state index contributed by atoms with van der Waals surface area (Å²) in [5, 5.41) is 13.4. The lowest BCUT2D eigenvalue weighted by Gasteiger charge is -2.29. The van der Waals surface area contributed by atoms with Crippen molar-refractivity contribution in [3.05, 3.63) is 106 Å². The number of amides is 1. The van der Waals surface area contributed by atoms with E-state index in [2.05, 4.69) is 66.4 Å². The maximum atomic E-state index is 12.5. The van der Waals surface area contributed by atoms with E-state index in [9.17, 15) is 9.59 Å². The van der Waals surface area contributed by atoms with Crippen LogP contribution in [0.4, 0.5) is 0 Å². The van der Waals surface area contributed by atoms with Crippen LogP contribution in [0.2, 0.25) is 5.02 Å². The molecule has 1 amide bonds. The molecule has 0 saturated heterocycles. The van der Waals surface area contributed by atoms with E-state index in [1.54, 1.807) is 0 Å². The first kappa shape index (κ1) is 27.8. The molecule has 4 aromatic rings. The maximum absolute atomic E-state index is 12.5. The quantitative estimate of drug-likeness (QED) is 0.138. The highest BCUT2D eigenvalue weighted by atomic mass is 35.5. The topological polar surface area (TPSA) is 82.2 Å². The van der Waals surface area contributed by atoms with Gasteiger partial charge in [-0.1, -0.05) is 61.7 Å². The first-order valence-corrected chi connectivity index (χ1v) is 14.0. The van der Waals surface area contributed by atoms with Gasteiger partial charge >= 0.3 is 5.97 Å². The smallest absolute Gasteiger partial charge is 0.305 e. The molecular formula is C31H33ClN2O3S. The van der Waals surface area contributed by atoms with Crippen molar-refractivity contribution in [2.45, 2.75) is 50.2 Å². The number of carboxylic acid groups (broad SMARTS) is 1. The second kappa shape index (κ2) is 13.0. The van der Waals surface area contributed by atoms with Crippen molar-refractivity contribution in [1.29, 1.82) is 0 Å². The maximum Gasteiger partial charge on any atom is 0.305 e. The molecule has 1 heterocycles. The van der Waals surface area contributed by atoms with Gasteiger partial charge in [0.2, 0.25) is 0 Å². The molecular weight excluding hydrogens is 516 g/mol. The number of halogens is 1. The summed E-state index contributed by atoms with van der Waals surface area (Å²) in [7, 11) is 0. The summed E-state index contributed by atoms with van der Waals surface area (Å²) in [5.74, 6) is -0.307. The minimum atomic E-state index is -0.938. The van der Waals surface area contributed by atoms with Crippen LogP contribution in [-0.2, 0) is 10.5 Å². The van der Waals surface area contributed by atoms with E-state index in [1.165, 1.54) is 22.1 Å². The summed E-state index contributed by atoms with van der Waals surface area (Å²) in [6, 6.07) is 22.3. The van der Waals surface area contributed by atoms with Gasteiger partial charge in [-0.2, -0.15) is 12.6 Å². The van der Waals surface area contributed by atoms with Crippen molar-refractivity contribution in [3.63, 3.8) is 0 Å². The molecule has 3 aromatic carbocycles. The standard InChI is InChI=1S/C31H33ClN2O3S/c1-2-3-4-25(21-6-8-23(9-7-21)31(37)33-16-15-29(35)36)30(22-10-12-24(32)13-11-22)27-18-34-28-14-5-20(19-38)17-26(27)28/h5-14,17-18,25,30,34,38H,2-4,15-16,19H2,1H3,(H,33,37)(H,35,36). The fraction of sp³-hybridized carbons (Fsp3) is 0.290. The van der Waals surface area contributed by atoms with Gasteiger partial charge < -0.3 is 15.4 Å². The third kappa shape index (κ3) is 6.61. The van der Waals surface area contributed by atoms with Gasteiger partial charge in [-0.15, -0.1) is 0 Å². The Kier molecular flexibility index (Phi) is 9.53. The van der Waals surface area contributed by atoms with Gasteiger partial charge in [-0.3, -0.25) is 9.59 Å². The third-order valence-corrected chi connectivity index (χ3v) is 7.64. The van der Waals surface area contributed by atoms with Crippen LogP contribution in [0.5, 0.6) is 0 Å². The van der Waals surface area contributed by atoms with Crippen LogP contribution in [0.15, 0.2) is 72.9 Å². The van der Waals surface area contributed by atoms with Gasteiger partial charge in [0.15, 0.2) is 0 Å². The number of carbonyl (C=O) groups is 2. The number of fused-ring (bicyclic) bond motifs is 1. The number of rotatable bonds is 12. The number of thiol groups is 1. The molecule has 2 atom stereocenters. The first-order valence-electron chi connectivity index (χ1n) is 13.0. The number of hydrogen-bond donors (Lipinski definition) is 4. The Morgan fingerprint density at radius 3 is 2.39 bits per heavy atom. The number of aromatic amines is 1. The van der Waals surface area contributed by atoms with Gasteiger partial charge in [0.05, 0.1) is 6.42 Å². The van der Waals surface area contributed by atoms with Gasteiger partial charge in [0.25, 0.3) is 5.91 Å². The van der Waals surface area contributed by atoms with Crippen molar-refractivity contribution in [1.82, 2.24) is 10.3 Å². The number of unbranched alkanes of at least 4 members (excludes halogenated alkanes) is 1. The molecule has 38 heavy (non-hydrogen) atoms. The van der Waals surface area contributed by atoms with E-state index < -0.39 is 5.97 Å². The van der Waals surface area contributed by atoms with E-state index in [1.807, 2.05) is 36.4 Å². The predicted octanol–water partition coefficient (Wildman–Crippen LogP) is 7.56. The molecule has 0 aliphatic heterocycles. The summed E-state index contributed by atoms with van der Waals surface area (Å²) in [6.07, 6.45) is 5.13. The first-order chi connectivity index (χ1) is 18.4. The monoisotopic (exact) mass is 548 g/mol. The van der Waals surface area contributed by atoms with Crippen LogP contribution >= 0.6 is 24.2 Å². The van der Waals surface area contributed by atoms with Gasteiger partial charge in [-0.25, -0.2) is 0 Å². The van der Waals surface area contributed by atoms with Crippen LogP contribution < -0.4 is 5.32 Å². The number of aromatic nitrogens is 1. The Balaban J connectivity index is 1.75. The lowest BCUT2D eigenvalue weighted by atomic mass is 9.74. The lowest BCUT2D eigenvalue weighted by molar-refractivity contribution is -0.136. The lowest BCUT2D eigenvalue weighted by Crippen LogP contribution is -2.26. The summed E-state index contributed by atoms with van der Waals surface area (Å²) in [6.45, 7) is 2.30. The Bertz CT molecular complexity index is 1380. The van der Waals surface area contributed by atoms with E-state index in [-0.39, 0.29) is 30.7 Å². The molecule has 7 heteroatoms. The fourth-order valence-corrected chi connectivity index (χ4v) is 5.38. The number of hydrogen-bond acceptors (Lipinski definition) is 3. The second-order valence-electron chi connectivity index (χ2n) is 9.58. The summed E-state index contributed by atoms with van der Waals surface area (Å²) < 4.78 is 0. The highest BCUT2D eigenvalue weighted by molar-refractivity contribution is 7.79. The predicted molar refractivity (Wildman–Crippen MR) is 158 cm³/mol. The molecule has 0 spiro atoms. The average molecular weight is 549 g/mol. The highest BCUT2D eigenvalue weighted by Gasteiger charge is 2.29. The van der Waals surface area contributed by atoms with Gasteiger partial charge in [0, 0.05) is 45.9 Å². The van der Waals surface area contributed by atoms with Crippen molar-refractivity contribution in [2.24, 2.45) is 0 Å². The molecule has 0 saturated carbocycles. The number of carboxylic acids is 1. The molecule has 0 fully saturated rings. The van der Waals surface area contributed by atoms with E-state index in [0.717, 1.165) is 30.3 Å². The van der Waals surface area contributed by atoms with Gasteiger partial charge in [0.1, 0.15) is 0 Å². The van der Waals surface area contributed by atoms with Crippen LogP contribution in [0.1, 0.15) is 77.1 Å². The molecule has 198 valence electrons. The Morgan fingerprint density at radius 2 is 1.74 bits per heavy atom. The average Bonchev–Trinajstić information content (AvgIpc) is 3.34. The SMILES string of the molecule is CCCCC(c1ccc(C(=O)NCCC(=O)O)cc1)C(c1ccc(Cl)cc1)c1c[nH]c2ccc(CS)cc12. The highest BCUT2D eigenvalue weighted by Crippen LogP contribution is 2.44. The van der Waals surface area contributed by atoms with Crippen LogP contribution in [0.25, 0.3) is 10.9 Å². The normalized spacial score (nSPS) is 12.8. The fourth-order valence-electron chi connectivity index (χ4n) is 5.06. The molecule has 2 unspecified atom stereocenters. The third-order valence-electron chi connectivity index (χ3n) is 7.02. The molecule has 0 bridgehead atoms. The van der Waals surface area contributed by atoms with Crippen molar-refractivity contribution in [3.8, 4) is 0 Å². The Labute approximate surface area is 234 Å². The number of aliphatic carboxylic acids is 1. The molecule has 0 radical (unpaired) electrons. The Morgan fingerprint density at radius 1 is 1.03 bits per heavy atom. The van der Waals surface area contributed by atoms with Crippen LogP contribution in [0.3, 0.4) is 0 Å². The second-order valence-corrected chi connectivity index (χ2v) is 10.3. The van der Waals surface area contributed by atoms with Crippen molar-refractivity contribution >= 4 is 47.0 Å². The van der Waals surface area contributed by atoms with E-state index >= 15 is 0 Å². The number of carbonyl (C=O) groups excluding carboxylic acids is 1. The molecule has 4 rings (SSSR count). The minimum Gasteiger partial charge on any atom is -0.481 e. The molecule has 0 aliphatic carbocycles. The molecule has 3 N–H and O–H groups in total. The Hall–Kier alpha value is -3.22. The van der Waals surface area contributed by atoms with E-state index in [0.29, 0.717) is 16.3 Å². The molecule has 5 nitrogen and oxygen atoms in total. The zero-order valence-corrected chi connectivity index (χ0v) is 23.1.